The number of benzene rings is 2. The van der Waals surface area contributed by atoms with Gasteiger partial charge in [0, 0.05) is 5.56 Å². The van der Waals surface area contributed by atoms with Gasteiger partial charge in [-0.05, 0) is 62.1 Å². The number of methoxy groups -OCH3 is 1. The predicted octanol–water partition coefficient (Wildman–Crippen LogP) is 3.02. The van der Waals surface area contributed by atoms with E-state index in [9.17, 15) is 8.42 Å². The predicted molar refractivity (Wildman–Crippen MR) is 94.0 cm³/mol. The van der Waals surface area contributed by atoms with Crippen LogP contribution in [0, 0.1) is 6.92 Å². The average Bonchev–Trinajstić information content (AvgIpc) is 2.59. The maximum atomic E-state index is 12.4. The first-order valence-electron chi connectivity index (χ1n) is 7.82. The maximum Gasteiger partial charge on any atom is 0.276 e. The van der Waals surface area contributed by atoms with E-state index >= 15 is 0 Å². The molecule has 0 spiro atoms. The van der Waals surface area contributed by atoms with Crippen molar-refractivity contribution in [2.75, 3.05) is 7.11 Å². The smallest absolute Gasteiger partial charge is 0.276 e. The van der Waals surface area contributed by atoms with Gasteiger partial charge in [0.1, 0.15) is 5.75 Å². The molecule has 0 atom stereocenters. The third-order valence-electron chi connectivity index (χ3n) is 4.12. The monoisotopic (exact) mass is 344 g/mol. The fourth-order valence-corrected chi connectivity index (χ4v) is 3.60. The van der Waals surface area contributed by atoms with E-state index in [-0.39, 0.29) is 4.90 Å². The van der Waals surface area contributed by atoms with E-state index in [0.717, 1.165) is 47.4 Å². The Balaban J connectivity index is 1.87. The molecule has 0 fully saturated rings. The molecule has 5 nitrogen and oxygen atoms in total. The van der Waals surface area contributed by atoms with Crippen LogP contribution in [0.2, 0.25) is 0 Å². The molecule has 1 N–H and O–H groups in total. The van der Waals surface area contributed by atoms with Crippen LogP contribution < -0.4 is 9.57 Å². The molecule has 3 rings (SSSR count). The molecule has 0 aromatic heterocycles. The summed E-state index contributed by atoms with van der Waals surface area (Å²) in [5.74, 6) is 0.801. The maximum absolute atomic E-state index is 12.4. The quantitative estimate of drug-likeness (QED) is 0.867. The molecule has 2 aromatic carbocycles. The molecule has 0 saturated heterocycles. The number of nitrogens with zero attached hydrogens (tertiary/aromatic N) is 1. The first-order chi connectivity index (χ1) is 11.5. The van der Waals surface area contributed by atoms with Crippen molar-refractivity contribution in [2.24, 2.45) is 5.10 Å². The molecule has 2 aromatic rings. The molecule has 0 saturated carbocycles. The number of ether oxygens (including phenoxy) is 1. The summed E-state index contributed by atoms with van der Waals surface area (Å²) >= 11 is 0. The largest absolute Gasteiger partial charge is 0.497 e. The summed E-state index contributed by atoms with van der Waals surface area (Å²) in [4.78, 5) is 2.57. The molecular weight excluding hydrogens is 324 g/mol. The van der Waals surface area contributed by atoms with Crippen molar-refractivity contribution < 1.29 is 13.2 Å². The van der Waals surface area contributed by atoms with E-state index in [4.69, 9.17) is 4.74 Å². The van der Waals surface area contributed by atoms with Crippen LogP contribution >= 0.6 is 0 Å². The molecule has 0 aliphatic heterocycles. The summed E-state index contributed by atoms with van der Waals surface area (Å²) in [7, 11) is -2.02. The van der Waals surface area contributed by atoms with E-state index in [2.05, 4.69) is 9.93 Å². The zero-order chi connectivity index (χ0) is 17.2. The highest BCUT2D eigenvalue weighted by atomic mass is 32.2. The summed E-state index contributed by atoms with van der Waals surface area (Å²) in [6.07, 6.45) is 2.62. The molecule has 1 aliphatic rings. The number of fused-ring (bicyclic) bond motifs is 1. The Morgan fingerprint density at radius 1 is 1.08 bits per heavy atom. The fourth-order valence-electron chi connectivity index (χ4n) is 2.77. The van der Waals surface area contributed by atoms with Crippen LogP contribution in [0.25, 0.3) is 0 Å². The lowest BCUT2D eigenvalue weighted by molar-refractivity contribution is 0.414. The standard InChI is InChI=1S/C18H20N2O3S/c1-13-6-9-16(10-7-13)24(21,22)20-19-18-5-3-4-14-12-15(23-2)8-11-17(14)18/h6-12,20H,3-5H2,1-2H3/b19-18+. The first kappa shape index (κ1) is 16.5. The molecule has 0 heterocycles. The number of sulfonamides is 1. The van der Waals surface area contributed by atoms with Gasteiger partial charge in [-0.2, -0.15) is 18.4 Å². The van der Waals surface area contributed by atoms with Crippen molar-refractivity contribution in [3.05, 3.63) is 59.2 Å². The lowest BCUT2D eigenvalue weighted by Gasteiger charge is -2.18. The second-order valence-electron chi connectivity index (χ2n) is 5.84. The molecule has 0 bridgehead atoms. The van der Waals surface area contributed by atoms with Crippen LogP contribution in [0.4, 0.5) is 0 Å². The van der Waals surface area contributed by atoms with Crippen LogP contribution in [0.5, 0.6) is 5.75 Å². The Morgan fingerprint density at radius 3 is 2.54 bits per heavy atom. The van der Waals surface area contributed by atoms with Gasteiger partial charge in [-0.3, -0.25) is 0 Å². The minimum absolute atomic E-state index is 0.211. The molecule has 0 unspecified atom stereocenters. The van der Waals surface area contributed by atoms with Gasteiger partial charge in [-0.25, -0.2) is 0 Å². The molecule has 0 amide bonds. The number of aryl methyl sites for hydroxylation is 2. The highest BCUT2D eigenvalue weighted by Gasteiger charge is 2.18. The number of hydrogen-bond acceptors (Lipinski definition) is 4. The van der Waals surface area contributed by atoms with Crippen molar-refractivity contribution in [3.63, 3.8) is 0 Å². The summed E-state index contributed by atoms with van der Waals surface area (Å²) < 4.78 is 30.0. The van der Waals surface area contributed by atoms with E-state index < -0.39 is 10.0 Å². The summed E-state index contributed by atoms with van der Waals surface area (Å²) in [5.41, 5.74) is 3.88. The lowest BCUT2D eigenvalue weighted by atomic mass is 9.90. The zero-order valence-electron chi connectivity index (χ0n) is 13.7. The van der Waals surface area contributed by atoms with Gasteiger partial charge >= 0.3 is 0 Å². The Morgan fingerprint density at radius 2 is 1.83 bits per heavy atom. The average molecular weight is 344 g/mol. The highest BCUT2D eigenvalue weighted by molar-refractivity contribution is 7.89. The Hall–Kier alpha value is -2.34. The molecule has 0 radical (unpaired) electrons. The Bertz CT molecular complexity index is 872. The third kappa shape index (κ3) is 3.43. The van der Waals surface area contributed by atoms with Gasteiger partial charge in [-0.1, -0.05) is 17.7 Å². The van der Waals surface area contributed by atoms with Crippen molar-refractivity contribution in [3.8, 4) is 5.75 Å². The Kier molecular flexibility index (Phi) is 4.57. The van der Waals surface area contributed by atoms with Crippen molar-refractivity contribution in [2.45, 2.75) is 31.1 Å². The molecule has 1 aliphatic carbocycles. The van der Waals surface area contributed by atoms with Crippen LogP contribution in [0.1, 0.15) is 29.5 Å². The topological polar surface area (TPSA) is 67.8 Å². The van der Waals surface area contributed by atoms with Crippen LogP contribution in [0.15, 0.2) is 52.5 Å². The SMILES string of the molecule is COc1ccc2c(c1)CCC/C2=N\NS(=O)(=O)c1ccc(C)cc1. The summed E-state index contributed by atoms with van der Waals surface area (Å²) in [5, 5.41) is 4.19. The minimum atomic E-state index is -3.65. The molecule has 126 valence electrons. The van der Waals surface area contributed by atoms with Crippen molar-refractivity contribution in [1.29, 1.82) is 0 Å². The van der Waals surface area contributed by atoms with Crippen LogP contribution in [0.3, 0.4) is 0 Å². The van der Waals surface area contributed by atoms with Gasteiger partial charge in [0.05, 0.1) is 17.7 Å². The van der Waals surface area contributed by atoms with Gasteiger partial charge in [0.25, 0.3) is 10.0 Å². The van der Waals surface area contributed by atoms with Crippen LogP contribution in [-0.2, 0) is 16.4 Å². The second kappa shape index (κ2) is 6.65. The van der Waals surface area contributed by atoms with Gasteiger partial charge in [0.15, 0.2) is 0 Å². The summed E-state index contributed by atoms with van der Waals surface area (Å²) in [6, 6.07) is 12.5. The van der Waals surface area contributed by atoms with Crippen molar-refractivity contribution >= 4 is 15.7 Å². The van der Waals surface area contributed by atoms with Gasteiger partial charge in [-0.15, -0.1) is 0 Å². The molecule has 6 heteroatoms. The second-order valence-corrected chi connectivity index (χ2v) is 7.50. The number of nitrogens with one attached hydrogen (secondary N) is 1. The first-order valence-corrected chi connectivity index (χ1v) is 9.30. The van der Waals surface area contributed by atoms with E-state index in [1.807, 2.05) is 25.1 Å². The van der Waals surface area contributed by atoms with Crippen LogP contribution in [-0.4, -0.2) is 21.2 Å². The number of hydrazone groups is 1. The van der Waals surface area contributed by atoms with E-state index in [1.54, 1.807) is 31.4 Å². The number of hydrogen-bond donors (Lipinski definition) is 1. The zero-order valence-corrected chi connectivity index (χ0v) is 14.6. The van der Waals surface area contributed by atoms with Crippen molar-refractivity contribution in [1.82, 2.24) is 4.83 Å². The fraction of sp³-hybridized carbons (Fsp3) is 0.278. The van der Waals surface area contributed by atoms with E-state index in [1.165, 1.54) is 0 Å². The highest BCUT2D eigenvalue weighted by Crippen LogP contribution is 2.25. The third-order valence-corrected chi connectivity index (χ3v) is 5.34. The molecular formula is C18H20N2O3S. The summed E-state index contributed by atoms with van der Waals surface area (Å²) in [6.45, 7) is 1.91. The van der Waals surface area contributed by atoms with E-state index in [0.29, 0.717) is 0 Å². The number of rotatable bonds is 4. The van der Waals surface area contributed by atoms with Gasteiger partial charge < -0.3 is 4.74 Å². The Labute approximate surface area is 142 Å². The normalized spacial score (nSPS) is 15.8. The lowest BCUT2D eigenvalue weighted by Crippen LogP contribution is -2.22. The minimum Gasteiger partial charge on any atom is -0.497 e. The van der Waals surface area contributed by atoms with Gasteiger partial charge in [0.2, 0.25) is 0 Å². The molecule has 24 heavy (non-hydrogen) atoms.